The molecule has 1 heterocycles. The van der Waals surface area contributed by atoms with Crippen molar-refractivity contribution in [1.29, 1.82) is 0 Å². The van der Waals surface area contributed by atoms with Gasteiger partial charge in [-0.15, -0.1) is 0 Å². The van der Waals surface area contributed by atoms with Crippen LogP contribution in [0.4, 0.5) is 4.39 Å². The fourth-order valence-corrected chi connectivity index (χ4v) is 4.73. The van der Waals surface area contributed by atoms with Crippen molar-refractivity contribution >= 4 is 11.1 Å². The van der Waals surface area contributed by atoms with Crippen LogP contribution in [0.15, 0.2) is 91.4 Å². The summed E-state index contributed by atoms with van der Waals surface area (Å²) < 4.78 is 14.8. The molecule has 36 heavy (non-hydrogen) atoms. The van der Waals surface area contributed by atoms with Crippen molar-refractivity contribution in [3.05, 3.63) is 125 Å². The van der Waals surface area contributed by atoms with E-state index in [1.165, 1.54) is 22.9 Å². The molecule has 0 aliphatic heterocycles. The molecule has 0 unspecified atom stereocenters. The summed E-state index contributed by atoms with van der Waals surface area (Å²) >= 11 is 0. The Kier molecular flexibility index (Phi) is 8.85. The van der Waals surface area contributed by atoms with Gasteiger partial charge in [0.15, 0.2) is 0 Å². The Morgan fingerprint density at radius 1 is 1.06 bits per heavy atom. The van der Waals surface area contributed by atoms with Crippen molar-refractivity contribution in [2.24, 2.45) is 0 Å². The maximum atomic E-state index is 14.8. The van der Waals surface area contributed by atoms with Crippen LogP contribution in [0.2, 0.25) is 0 Å². The van der Waals surface area contributed by atoms with E-state index in [9.17, 15) is 4.39 Å². The number of pyridine rings is 1. The van der Waals surface area contributed by atoms with E-state index in [2.05, 4.69) is 71.5 Å². The smallest absolute Gasteiger partial charge is 0.148 e. The van der Waals surface area contributed by atoms with E-state index in [1.54, 1.807) is 6.20 Å². The first-order chi connectivity index (χ1) is 17.5. The van der Waals surface area contributed by atoms with Crippen LogP contribution in [0.3, 0.4) is 0 Å². The molecule has 1 aliphatic carbocycles. The van der Waals surface area contributed by atoms with Gasteiger partial charge in [-0.2, -0.15) is 0 Å². The number of aromatic nitrogens is 1. The molecule has 0 amide bonds. The molecule has 186 valence electrons. The quantitative estimate of drug-likeness (QED) is 0.259. The summed E-state index contributed by atoms with van der Waals surface area (Å²) in [5.41, 5.74) is 8.88. The van der Waals surface area contributed by atoms with E-state index < -0.39 is 0 Å². The van der Waals surface area contributed by atoms with Crippen LogP contribution in [0.25, 0.3) is 11.1 Å². The fraction of sp³-hybridized carbons (Fsp3) is 0.281. The summed E-state index contributed by atoms with van der Waals surface area (Å²) in [6.07, 6.45) is 12.1. The second-order valence-corrected chi connectivity index (χ2v) is 9.51. The van der Waals surface area contributed by atoms with Crippen LogP contribution in [0.1, 0.15) is 47.1 Å². The highest BCUT2D eigenvalue weighted by atomic mass is 19.1. The lowest BCUT2D eigenvalue weighted by molar-refractivity contribution is 0.532. The topological polar surface area (TPSA) is 28.2 Å². The first-order valence-electron chi connectivity index (χ1n) is 12.8. The molecule has 0 saturated heterocycles. The van der Waals surface area contributed by atoms with Gasteiger partial charge in [0.1, 0.15) is 5.82 Å². The molecule has 3 nitrogen and oxygen atoms in total. The summed E-state index contributed by atoms with van der Waals surface area (Å²) in [6.45, 7) is 5.80. The van der Waals surface area contributed by atoms with Crippen molar-refractivity contribution in [3.8, 4) is 0 Å². The zero-order chi connectivity index (χ0) is 25.3. The number of rotatable bonds is 10. The maximum absolute atomic E-state index is 14.8. The van der Waals surface area contributed by atoms with Crippen molar-refractivity contribution in [2.45, 2.75) is 32.1 Å². The summed E-state index contributed by atoms with van der Waals surface area (Å²) in [7, 11) is 3.99. The molecule has 1 aromatic heterocycles. The first kappa shape index (κ1) is 25.6. The average molecular weight is 482 g/mol. The zero-order valence-electron chi connectivity index (χ0n) is 21.4. The van der Waals surface area contributed by atoms with Crippen LogP contribution in [-0.2, 0) is 12.8 Å². The van der Waals surface area contributed by atoms with Gasteiger partial charge in [-0.25, -0.2) is 4.39 Å². The van der Waals surface area contributed by atoms with Gasteiger partial charge in [-0.1, -0.05) is 61.2 Å². The predicted octanol–water partition coefficient (Wildman–Crippen LogP) is 6.67. The lowest BCUT2D eigenvalue weighted by Crippen LogP contribution is -2.16. The van der Waals surface area contributed by atoms with Gasteiger partial charge in [-0.05, 0) is 84.2 Å². The second kappa shape index (κ2) is 12.5. The number of benzene rings is 2. The Morgan fingerprint density at radius 2 is 1.86 bits per heavy atom. The van der Waals surface area contributed by atoms with Crippen molar-refractivity contribution in [2.75, 3.05) is 27.2 Å². The van der Waals surface area contributed by atoms with E-state index >= 15 is 0 Å². The number of fused-ring (bicyclic) bond motifs is 1. The van der Waals surface area contributed by atoms with Crippen molar-refractivity contribution in [3.63, 3.8) is 0 Å². The normalized spacial score (nSPS) is 13.5. The Labute approximate surface area is 215 Å². The van der Waals surface area contributed by atoms with Gasteiger partial charge >= 0.3 is 0 Å². The summed E-state index contributed by atoms with van der Waals surface area (Å²) in [6, 6.07) is 19.2. The standard InChI is InChI=1S/C32H36FN3/c1-24(36(2)3)9-7-20-34-21-8-10-25-15-17-27(18-16-25)32-28-13-5-4-11-26(28)12-6-14-30(32)29-19-22-35-23-31(29)33/h4-5,7,9,11,13,15-19,22-23,34H,1,6,8,10,12,14,20-21H2,2-3H3/b9-7+. The lowest BCUT2D eigenvalue weighted by Gasteiger charge is -2.17. The van der Waals surface area contributed by atoms with E-state index in [0.29, 0.717) is 5.56 Å². The van der Waals surface area contributed by atoms with E-state index in [0.717, 1.165) is 67.6 Å². The van der Waals surface area contributed by atoms with Gasteiger partial charge in [0.25, 0.3) is 0 Å². The molecule has 3 aromatic rings. The number of hydrogen-bond donors (Lipinski definition) is 1. The molecule has 0 spiro atoms. The molecule has 1 N–H and O–H groups in total. The highest BCUT2D eigenvalue weighted by Gasteiger charge is 2.21. The Hall–Kier alpha value is -3.50. The summed E-state index contributed by atoms with van der Waals surface area (Å²) in [5, 5.41) is 3.47. The van der Waals surface area contributed by atoms with E-state index in [1.807, 2.05) is 31.1 Å². The van der Waals surface area contributed by atoms with Crippen LogP contribution in [0, 0.1) is 5.82 Å². The minimum atomic E-state index is -0.255. The molecule has 1 aliphatic rings. The molecule has 4 rings (SSSR count). The van der Waals surface area contributed by atoms with Crippen molar-refractivity contribution < 1.29 is 4.39 Å². The van der Waals surface area contributed by atoms with Gasteiger partial charge in [0.05, 0.1) is 6.20 Å². The number of nitrogens with one attached hydrogen (secondary N) is 1. The summed E-state index contributed by atoms with van der Waals surface area (Å²) in [4.78, 5) is 5.97. The Morgan fingerprint density at radius 3 is 2.64 bits per heavy atom. The molecular formula is C32H36FN3. The predicted molar refractivity (Wildman–Crippen MR) is 149 cm³/mol. The molecule has 2 aromatic carbocycles. The third kappa shape index (κ3) is 6.38. The largest absolute Gasteiger partial charge is 0.378 e. The maximum Gasteiger partial charge on any atom is 0.148 e. The fourth-order valence-electron chi connectivity index (χ4n) is 4.73. The highest BCUT2D eigenvalue weighted by molar-refractivity contribution is 5.99. The van der Waals surface area contributed by atoms with Gasteiger partial charge < -0.3 is 10.2 Å². The number of halogens is 1. The molecule has 0 radical (unpaired) electrons. The average Bonchev–Trinajstić information content (AvgIpc) is 3.08. The number of aryl methyl sites for hydroxylation is 2. The molecule has 0 saturated carbocycles. The number of nitrogens with zero attached hydrogens (tertiary/aromatic N) is 2. The number of allylic oxidation sites excluding steroid dienone is 2. The van der Waals surface area contributed by atoms with E-state index in [4.69, 9.17) is 0 Å². The third-order valence-electron chi connectivity index (χ3n) is 6.77. The van der Waals surface area contributed by atoms with Crippen LogP contribution < -0.4 is 5.32 Å². The molecule has 0 bridgehead atoms. The van der Waals surface area contributed by atoms with Gasteiger partial charge in [0, 0.05) is 38.1 Å². The zero-order valence-corrected chi connectivity index (χ0v) is 21.4. The summed E-state index contributed by atoms with van der Waals surface area (Å²) in [5.74, 6) is -0.255. The molecule has 0 fully saturated rings. The minimum absolute atomic E-state index is 0.255. The monoisotopic (exact) mass is 481 g/mol. The molecule has 0 atom stereocenters. The van der Waals surface area contributed by atoms with Crippen LogP contribution in [-0.4, -0.2) is 37.1 Å². The van der Waals surface area contributed by atoms with Gasteiger partial charge in [-0.3, -0.25) is 4.98 Å². The Balaban J connectivity index is 1.49. The molecular weight excluding hydrogens is 445 g/mol. The van der Waals surface area contributed by atoms with E-state index in [-0.39, 0.29) is 5.82 Å². The van der Waals surface area contributed by atoms with Gasteiger partial charge in [0.2, 0.25) is 0 Å². The SMILES string of the molecule is C=C(/C=C/CNCCCc1ccc(C2=C(c3ccncc3F)CCCc3ccccc32)cc1)N(C)C. The number of likely N-dealkylation sites (N-methyl/N-ethyl adjacent to an activating group) is 1. The first-order valence-corrected chi connectivity index (χ1v) is 12.8. The van der Waals surface area contributed by atoms with Crippen molar-refractivity contribution in [1.82, 2.24) is 15.2 Å². The Bertz CT molecular complexity index is 1240. The lowest BCUT2D eigenvalue weighted by atomic mass is 9.87. The second-order valence-electron chi connectivity index (χ2n) is 9.51. The van der Waals surface area contributed by atoms with Crippen LogP contribution in [0.5, 0.6) is 0 Å². The highest BCUT2D eigenvalue weighted by Crippen LogP contribution is 2.40. The van der Waals surface area contributed by atoms with Crippen LogP contribution >= 0.6 is 0 Å². The molecule has 4 heteroatoms. The third-order valence-corrected chi connectivity index (χ3v) is 6.77. The minimum Gasteiger partial charge on any atom is -0.378 e. The number of hydrogen-bond acceptors (Lipinski definition) is 3.